The van der Waals surface area contributed by atoms with Gasteiger partial charge in [0, 0.05) is 32.1 Å². The molecule has 0 spiro atoms. The molecule has 2 fully saturated rings. The molecule has 4 heteroatoms. The fraction of sp³-hybridized carbons (Fsp3) is 0.917. The summed E-state index contributed by atoms with van der Waals surface area (Å²) in [4.78, 5) is 13.8. The van der Waals surface area contributed by atoms with Gasteiger partial charge in [-0.2, -0.15) is 0 Å². The molecule has 1 atom stereocenters. The van der Waals surface area contributed by atoms with E-state index in [0.717, 1.165) is 19.6 Å². The van der Waals surface area contributed by atoms with Gasteiger partial charge in [0.1, 0.15) is 0 Å². The quantitative estimate of drug-likeness (QED) is 0.678. The monoisotopic (exact) mass is 225 g/mol. The largest absolute Gasteiger partial charge is 0.356 e. The lowest BCUT2D eigenvalue weighted by molar-refractivity contribution is -0.121. The number of amides is 1. The molecule has 16 heavy (non-hydrogen) atoms. The molecule has 2 aliphatic rings. The van der Waals surface area contributed by atoms with Gasteiger partial charge in [-0.05, 0) is 38.8 Å². The SMILES string of the molecule is CN1CCC(CNC(=O)CCNC2CC2)C1. The van der Waals surface area contributed by atoms with Crippen molar-refractivity contribution in [1.29, 1.82) is 0 Å². The van der Waals surface area contributed by atoms with Gasteiger partial charge in [0.05, 0.1) is 0 Å². The maximum atomic E-state index is 11.5. The van der Waals surface area contributed by atoms with Crippen LogP contribution in [-0.4, -0.2) is 50.1 Å². The molecule has 92 valence electrons. The second kappa shape index (κ2) is 5.64. The van der Waals surface area contributed by atoms with E-state index in [9.17, 15) is 4.79 Å². The van der Waals surface area contributed by atoms with Crippen molar-refractivity contribution >= 4 is 5.91 Å². The average Bonchev–Trinajstić information content (AvgIpc) is 2.98. The van der Waals surface area contributed by atoms with Gasteiger partial charge in [0.25, 0.3) is 0 Å². The molecule has 1 unspecified atom stereocenters. The van der Waals surface area contributed by atoms with Crippen molar-refractivity contribution in [2.24, 2.45) is 5.92 Å². The van der Waals surface area contributed by atoms with Gasteiger partial charge in [0.2, 0.25) is 5.91 Å². The molecule has 0 bridgehead atoms. The van der Waals surface area contributed by atoms with E-state index in [0.29, 0.717) is 18.4 Å². The molecule has 2 rings (SSSR count). The van der Waals surface area contributed by atoms with Gasteiger partial charge in [-0.3, -0.25) is 4.79 Å². The van der Waals surface area contributed by atoms with Crippen LogP contribution < -0.4 is 10.6 Å². The molecule has 0 aromatic heterocycles. The summed E-state index contributed by atoms with van der Waals surface area (Å²) in [5.74, 6) is 0.855. The Morgan fingerprint density at radius 2 is 2.19 bits per heavy atom. The van der Waals surface area contributed by atoms with Gasteiger partial charge in [-0.1, -0.05) is 0 Å². The molecule has 1 saturated carbocycles. The van der Waals surface area contributed by atoms with E-state index >= 15 is 0 Å². The zero-order chi connectivity index (χ0) is 11.4. The highest BCUT2D eigenvalue weighted by molar-refractivity contribution is 5.76. The van der Waals surface area contributed by atoms with Gasteiger partial charge in [-0.15, -0.1) is 0 Å². The summed E-state index contributed by atoms with van der Waals surface area (Å²) in [5.41, 5.74) is 0. The van der Waals surface area contributed by atoms with Crippen molar-refractivity contribution in [3.8, 4) is 0 Å². The highest BCUT2D eigenvalue weighted by Crippen LogP contribution is 2.18. The lowest BCUT2D eigenvalue weighted by atomic mass is 10.1. The second-order valence-electron chi connectivity index (χ2n) is 5.20. The summed E-state index contributed by atoms with van der Waals surface area (Å²) in [6.45, 7) is 3.98. The predicted octanol–water partition coefficient (Wildman–Crippen LogP) is 0.196. The number of hydrogen-bond acceptors (Lipinski definition) is 3. The molecule has 2 N–H and O–H groups in total. The normalized spacial score (nSPS) is 25.9. The third-order valence-electron chi connectivity index (χ3n) is 3.44. The summed E-state index contributed by atoms with van der Waals surface area (Å²) in [6, 6.07) is 0.705. The Kier molecular flexibility index (Phi) is 4.18. The minimum Gasteiger partial charge on any atom is -0.356 e. The Morgan fingerprint density at radius 1 is 1.38 bits per heavy atom. The van der Waals surface area contributed by atoms with E-state index in [-0.39, 0.29) is 5.91 Å². The van der Waals surface area contributed by atoms with Crippen molar-refractivity contribution in [3.05, 3.63) is 0 Å². The van der Waals surface area contributed by atoms with Crippen LogP contribution in [0.15, 0.2) is 0 Å². The van der Waals surface area contributed by atoms with Crippen LogP contribution in [0.1, 0.15) is 25.7 Å². The molecule has 1 amide bonds. The molecule has 1 aliphatic heterocycles. The van der Waals surface area contributed by atoms with Crippen LogP contribution in [0.5, 0.6) is 0 Å². The van der Waals surface area contributed by atoms with Crippen LogP contribution >= 0.6 is 0 Å². The second-order valence-corrected chi connectivity index (χ2v) is 5.20. The zero-order valence-corrected chi connectivity index (χ0v) is 10.2. The van der Waals surface area contributed by atoms with E-state index in [4.69, 9.17) is 0 Å². The van der Waals surface area contributed by atoms with Crippen LogP contribution in [0.3, 0.4) is 0 Å². The van der Waals surface area contributed by atoms with E-state index < -0.39 is 0 Å². The minimum absolute atomic E-state index is 0.197. The predicted molar refractivity (Wildman–Crippen MR) is 64.3 cm³/mol. The Morgan fingerprint density at radius 3 is 2.81 bits per heavy atom. The fourth-order valence-corrected chi connectivity index (χ4v) is 2.22. The maximum absolute atomic E-state index is 11.5. The summed E-state index contributed by atoms with van der Waals surface area (Å²) < 4.78 is 0. The van der Waals surface area contributed by atoms with Crippen LogP contribution in [0.4, 0.5) is 0 Å². The molecule has 4 nitrogen and oxygen atoms in total. The first-order chi connectivity index (χ1) is 7.74. The molecule has 1 heterocycles. The third-order valence-corrected chi connectivity index (χ3v) is 3.44. The lowest BCUT2D eigenvalue weighted by Gasteiger charge is -2.11. The van der Waals surface area contributed by atoms with Crippen molar-refractivity contribution in [1.82, 2.24) is 15.5 Å². The van der Waals surface area contributed by atoms with Crippen molar-refractivity contribution < 1.29 is 4.79 Å². The molecule has 1 aliphatic carbocycles. The van der Waals surface area contributed by atoms with Crippen LogP contribution in [0.2, 0.25) is 0 Å². The first kappa shape index (κ1) is 11.9. The first-order valence-corrected chi connectivity index (χ1v) is 6.42. The summed E-state index contributed by atoms with van der Waals surface area (Å²) >= 11 is 0. The number of nitrogens with one attached hydrogen (secondary N) is 2. The number of carbonyl (C=O) groups excluding carboxylic acids is 1. The van der Waals surface area contributed by atoms with E-state index in [1.54, 1.807) is 0 Å². The molecule has 1 saturated heterocycles. The highest BCUT2D eigenvalue weighted by Gasteiger charge is 2.21. The minimum atomic E-state index is 0.197. The topological polar surface area (TPSA) is 44.4 Å². The van der Waals surface area contributed by atoms with E-state index in [1.807, 2.05) is 0 Å². The van der Waals surface area contributed by atoms with Crippen molar-refractivity contribution in [2.45, 2.75) is 31.7 Å². The smallest absolute Gasteiger partial charge is 0.221 e. The van der Waals surface area contributed by atoms with Crippen molar-refractivity contribution in [3.63, 3.8) is 0 Å². The molecular weight excluding hydrogens is 202 g/mol. The number of rotatable bonds is 6. The Labute approximate surface area is 97.8 Å². The summed E-state index contributed by atoms with van der Waals surface area (Å²) in [6.07, 6.45) is 4.42. The van der Waals surface area contributed by atoms with Gasteiger partial charge >= 0.3 is 0 Å². The highest BCUT2D eigenvalue weighted by atomic mass is 16.1. The number of nitrogens with zero attached hydrogens (tertiary/aromatic N) is 1. The Balaban J connectivity index is 1.49. The lowest BCUT2D eigenvalue weighted by Crippen LogP contribution is -2.32. The first-order valence-electron chi connectivity index (χ1n) is 6.42. The molecule has 0 aromatic rings. The average molecular weight is 225 g/mol. The zero-order valence-electron chi connectivity index (χ0n) is 10.2. The summed E-state index contributed by atoms with van der Waals surface area (Å²) in [5, 5.41) is 6.39. The standard InChI is InChI=1S/C12H23N3O/c1-15-7-5-10(9-15)8-14-12(16)4-6-13-11-2-3-11/h10-11,13H,2-9H2,1H3,(H,14,16). The number of likely N-dealkylation sites (tertiary alicyclic amines) is 1. The van der Waals surface area contributed by atoms with Gasteiger partial charge in [0.15, 0.2) is 0 Å². The number of hydrogen-bond donors (Lipinski definition) is 2. The van der Waals surface area contributed by atoms with Gasteiger partial charge in [-0.25, -0.2) is 0 Å². The van der Waals surface area contributed by atoms with Crippen LogP contribution in [0.25, 0.3) is 0 Å². The maximum Gasteiger partial charge on any atom is 0.221 e. The third kappa shape index (κ3) is 4.10. The Bertz CT molecular complexity index is 240. The molecule has 0 aromatic carbocycles. The van der Waals surface area contributed by atoms with Crippen LogP contribution in [-0.2, 0) is 4.79 Å². The van der Waals surface area contributed by atoms with Gasteiger partial charge < -0.3 is 15.5 Å². The fourth-order valence-electron chi connectivity index (χ4n) is 2.22. The van der Waals surface area contributed by atoms with E-state index in [1.165, 1.54) is 25.8 Å². The molecule has 0 radical (unpaired) electrons. The summed E-state index contributed by atoms with van der Waals surface area (Å²) in [7, 11) is 2.14. The van der Waals surface area contributed by atoms with E-state index in [2.05, 4.69) is 22.6 Å². The number of carbonyl (C=O) groups is 1. The van der Waals surface area contributed by atoms with Crippen molar-refractivity contribution in [2.75, 3.05) is 33.2 Å². The Hall–Kier alpha value is -0.610. The van der Waals surface area contributed by atoms with Crippen LogP contribution in [0, 0.1) is 5.92 Å². The molecular formula is C12H23N3O.